The Labute approximate surface area is 227 Å². The molecule has 2 bridgehead atoms. The number of aryl methyl sites for hydroxylation is 1. The second-order valence-electron chi connectivity index (χ2n) is 9.86. The largest absolute Gasteiger partial charge is 0.491 e. The zero-order valence-electron chi connectivity index (χ0n) is 21.9. The van der Waals surface area contributed by atoms with E-state index in [0.717, 1.165) is 50.3 Å². The highest BCUT2D eigenvalue weighted by atomic mass is 16.5. The molecule has 1 aliphatic rings. The highest BCUT2D eigenvalue weighted by Crippen LogP contribution is 2.29. The summed E-state index contributed by atoms with van der Waals surface area (Å²) in [5.41, 5.74) is 6.92. The third-order valence-electron chi connectivity index (χ3n) is 6.98. The highest BCUT2D eigenvalue weighted by Gasteiger charge is 2.18. The molecule has 6 nitrogen and oxygen atoms in total. The van der Waals surface area contributed by atoms with Crippen LogP contribution in [-0.2, 0) is 17.7 Å². The maximum atomic E-state index is 13.6. The number of carbonyl (C=O) groups is 1. The van der Waals surface area contributed by atoms with Gasteiger partial charge in [-0.2, -0.15) is 0 Å². The molecule has 39 heavy (non-hydrogen) atoms. The Hall–Kier alpha value is -4.42. The Morgan fingerprint density at radius 2 is 1.79 bits per heavy atom. The van der Waals surface area contributed by atoms with E-state index in [-0.39, 0.29) is 5.91 Å². The number of carbonyl (C=O) groups excluding carboxylic acids is 1. The lowest BCUT2D eigenvalue weighted by atomic mass is 9.98. The molecule has 3 heterocycles. The van der Waals surface area contributed by atoms with Crippen LogP contribution >= 0.6 is 0 Å². The van der Waals surface area contributed by atoms with Crippen molar-refractivity contribution in [3.05, 3.63) is 119 Å². The summed E-state index contributed by atoms with van der Waals surface area (Å²) < 4.78 is 17.7. The lowest BCUT2D eigenvalue weighted by Crippen LogP contribution is -2.34. The Bertz CT molecular complexity index is 1610. The van der Waals surface area contributed by atoms with Crippen molar-refractivity contribution < 1.29 is 18.7 Å². The van der Waals surface area contributed by atoms with Crippen LogP contribution in [0.3, 0.4) is 0 Å². The second kappa shape index (κ2) is 11.1. The number of benzene rings is 3. The number of aromatic nitrogens is 1. The maximum absolute atomic E-state index is 13.6. The van der Waals surface area contributed by atoms with E-state index in [9.17, 15) is 4.79 Å². The van der Waals surface area contributed by atoms with Gasteiger partial charge >= 0.3 is 0 Å². The van der Waals surface area contributed by atoms with Crippen LogP contribution in [0.4, 0.5) is 0 Å². The van der Waals surface area contributed by atoms with Crippen molar-refractivity contribution in [1.82, 2.24) is 9.88 Å². The lowest BCUT2D eigenvalue weighted by Gasteiger charge is -2.24. The normalized spacial score (nSPS) is 14.3. The number of ether oxygens (including phenoxy) is 2. The van der Waals surface area contributed by atoms with E-state index in [1.807, 2.05) is 54.4 Å². The summed E-state index contributed by atoms with van der Waals surface area (Å²) in [5.74, 6) is 1.66. The molecule has 0 saturated heterocycles. The number of hydrogen-bond donors (Lipinski definition) is 0. The predicted molar refractivity (Wildman–Crippen MR) is 151 cm³/mol. The minimum Gasteiger partial charge on any atom is -0.491 e. The minimum atomic E-state index is -0.0282. The molecule has 196 valence electrons. The van der Waals surface area contributed by atoms with E-state index in [0.29, 0.717) is 44.9 Å². The summed E-state index contributed by atoms with van der Waals surface area (Å²) in [7, 11) is 0. The molecule has 1 amide bonds. The first-order valence-electron chi connectivity index (χ1n) is 13.2. The van der Waals surface area contributed by atoms with Crippen LogP contribution < -0.4 is 4.74 Å². The van der Waals surface area contributed by atoms with Crippen LogP contribution in [0.25, 0.3) is 22.1 Å². The predicted octanol–water partition coefficient (Wildman–Crippen LogP) is 6.45. The average molecular weight is 519 g/mol. The molecule has 3 aromatic carbocycles. The van der Waals surface area contributed by atoms with Crippen LogP contribution in [0.2, 0.25) is 0 Å². The van der Waals surface area contributed by atoms with Gasteiger partial charge in [0.05, 0.1) is 13.2 Å². The molecular formula is C33H30N2O4. The fraction of sp³-hybridized carbons (Fsp3) is 0.212. The zero-order valence-corrected chi connectivity index (χ0v) is 21.9. The van der Waals surface area contributed by atoms with E-state index in [1.54, 1.807) is 6.20 Å². The van der Waals surface area contributed by atoms with Crippen LogP contribution in [-0.4, -0.2) is 42.2 Å². The highest BCUT2D eigenvalue weighted by molar-refractivity contribution is 5.97. The molecule has 0 N–H and O–H groups in total. The number of pyridine rings is 1. The first-order chi connectivity index (χ1) is 19.1. The molecule has 0 saturated carbocycles. The van der Waals surface area contributed by atoms with Crippen molar-refractivity contribution in [3.8, 4) is 16.9 Å². The first-order valence-corrected chi connectivity index (χ1v) is 13.2. The Balaban J connectivity index is 1.29. The van der Waals surface area contributed by atoms with E-state index in [4.69, 9.17) is 13.9 Å². The van der Waals surface area contributed by atoms with Gasteiger partial charge in [-0.05, 0) is 71.6 Å². The molecule has 0 spiro atoms. The van der Waals surface area contributed by atoms with Crippen LogP contribution in [0.15, 0.2) is 95.7 Å². The van der Waals surface area contributed by atoms with Crippen molar-refractivity contribution >= 4 is 16.9 Å². The Kier molecular flexibility index (Phi) is 7.11. The Morgan fingerprint density at radius 1 is 0.872 bits per heavy atom. The number of fused-ring (bicyclic) bond motifs is 4. The number of nitrogens with zero attached hydrogens (tertiary/aromatic N) is 2. The van der Waals surface area contributed by atoms with Crippen molar-refractivity contribution in [1.29, 1.82) is 0 Å². The molecule has 0 aliphatic carbocycles. The average Bonchev–Trinajstić information content (AvgIpc) is 3.34. The zero-order chi connectivity index (χ0) is 26.6. The van der Waals surface area contributed by atoms with Gasteiger partial charge in [0.15, 0.2) is 0 Å². The van der Waals surface area contributed by atoms with E-state index < -0.39 is 0 Å². The van der Waals surface area contributed by atoms with Gasteiger partial charge in [0.2, 0.25) is 0 Å². The summed E-state index contributed by atoms with van der Waals surface area (Å²) in [5, 5.41) is 0.931. The third kappa shape index (κ3) is 5.71. The maximum Gasteiger partial charge on any atom is 0.254 e. The summed E-state index contributed by atoms with van der Waals surface area (Å²) in [6.07, 6.45) is 4.36. The fourth-order valence-electron chi connectivity index (χ4n) is 5.08. The van der Waals surface area contributed by atoms with Gasteiger partial charge in [-0.1, -0.05) is 36.4 Å². The molecule has 5 aromatic rings. The molecule has 2 aromatic heterocycles. The summed E-state index contributed by atoms with van der Waals surface area (Å²) in [4.78, 5) is 19.8. The van der Waals surface area contributed by atoms with Crippen molar-refractivity contribution in [2.75, 3.05) is 26.4 Å². The molecule has 0 unspecified atom stereocenters. The van der Waals surface area contributed by atoms with Gasteiger partial charge in [0, 0.05) is 48.4 Å². The van der Waals surface area contributed by atoms with Gasteiger partial charge in [-0.15, -0.1) is 0 Å². The van der Waals surface area contributed by atoms with Crippen LogP contribution in [0, 0.1) is 6.92 Å². The molecular weight excluding hydrogens is 488 g/mol. The first kappa shape index (κ1) is 24.9. The van der Waals surface area contributed by atoms with Crippen LogP contribution in [0.1, 0.15) is 32.8 Å². The number of rotatable bonds is 2. The minimum absolute atomic E-state index is 0.0282. The summed E-state index contributed by atoms with van der Waals surface area (Å²) >= 11 is 0. The summed E-state index contributed by atoms with van der Waals surface area (Å²) in [6.45, 7) is 4.19. The van der Waals surface area contributed by atoms with Crippen LogP contribution in [0.5, 0.6) is 5.75 Å². The summed E-state index contributed by atoms with van der Waals surface area (Å²) in [6, 6.07) is 26.3. The second-order valence-corrected chi connectivity index (χ2v) is 9.86. The third-order valence-corrected chi connectivity index (χ3v) is 6.98. The van der Waals surface area contributed by atoms with Crippen molar-refractivity contribution in [2.24, 2.45) is 0 Å². The topological polar surface area (TPSA) is 64.8 Å². The number of furan rings is 1. The molecule has 6 rings (SSSR count). The van der Waals surface area contributed by atoms with Gasteiger partial charge < -0.3 is 18.8 Å². The van der Waals surface area contributed by atoms with Crippen molar-refractivity contribution in [3.63, 3.8) is 0 Å². The molecule has 1 aliphatic heterocycles. The van der Waals surface area contributed by atoms with E-state index in [2.05, 4.69) is 47.4 Å². The van der Waals surface area contributed by atoms with E-state index >= 15 is 0 Å². The molecule has 0 atom stereocenters. The number of amides is 1. The van der Waals surface area contributed by atoms with Gasteiger partial charge in [0.1, 0.15) is 23.7 Å². The van der Waals surface area contributed by atoms with Gasteiger partial charge in [-0.3, -0.25) is 9.78 Å². The van der Waals surface area contributed by atoms with E-state index in [1.165, 1.54) is 0 Å². The lowest BCUT2D eigenvalue weighted by molar-refractivity contribution is 0.0571. The Morgan fingerprint density at radius 3 is 2.69 bits per heavy atom. The molecule has 0 radical (unpaired) electrons. The quantitative estimate of drug-likeness (QED) is 0.269. The van der Waals surface area contributed by atoms with Gasteiger partial charge in [-0.25, -0.2) is 0 Å². The van der Waals surface area contributed by atoms with Crippen molar-refractivity contribution in [2.45, 2.75) is 19.9 Å². The fourth-order valence-corrected chi connectivity index (χ4v) is 5.08. The number of hydrogen-bond acceptors (Lipinski definition) is 5. The standard InChI is InChI=1S/C33H30N2O4/c1-23-16-29-20-27(8-10-32(29)39-23)33(36)35-12-13-37-14-15-38-31-9-7-26(28-6-3-11-34-21-28)19-30(31)18-24-4-2-5-25(17-24)22-35/h2-11,16-17,19-21H,12-15,18,22H2,1H3. The molecule has 6 heteroatoms. The molecule has 0 fully saturated rings. The SMILES string of the molecule is Cc1cc2cc(C(=O)N3CCOCCOc4ccc(-c5cccnc5)cc4Cc4cccc(c4)C3)ccc2o1. The monoisotopic (exact) mass is 518 g/mol. The smallest absolute Gasteiger partial charge is 0.254 e. The van der Waals surface area contributed by atoms with Gasteiger partial charge in [0.25, 0.3) is 5.91 Å².